The highest BCUT2D eigenvalue weighted by atomic mass is 14.6. The molecule has 3 unspecified atom stereocenters. The van der Waals surface area contributed by atoms with Gasteiger partial charge in [-0.25, -0.2) is 0 Å². The molecule has 3 saturated carbocycles. The van der Waals surface area contributed by atoms with Crippen LogP contribution in [0.5, 0.6) is 0 Å². The zero-order chi connectivity index (χ0) is 13.7. The van der Waals surface area contributed by atoms with Crippen molar-refractivity contribution in [3.05, 3.63) is 0 Å². The summed E-state index contributed by atoms with van der Waals surface area (Å²) in [6.07, 6.45) is 26.3. The van der Waals surface area contributed by atoms with Crippen LogP contribution in [0.25, 0.3) is 0 Å². The van der Waals surface area contributed by atoms with E-state index in [0.29, 0.717) is 0 Å². The van der Waals surface area contributed by atoms with Gasteiger partial charge >= 0.3 is 0 Å². The summed E-state index contributed by atoms with van der Waals surface area (Å²) < 4.78 is 0. The van der Waals surface area contributed by atoms with Crippen LogP contribution in [0.4, 0.5) is 0 Å². The standard InChI is InChI=1S/C20H36/c1-2-4-6-8-10-12-18-14-15-20(16-18)17-19(20)13-11-9-7-5-3-1/h18-19H,1-17H2. The molecule has 0 saturated heterocycles. The fourth-order valence-corrected chi connectivity index (χ4v) is 5.33. The zero-order valence-electron chi connectivity index (χ0n) is 13.7. The molecule has 0 heteroatoms. The van der Waals surface area contributed by atoms with E-state index in [4.69, 9.17) is 0 Å². The largest absolute Gasteiger partial charge is 0.0533 e. The van der Waals surface area contributed by atoms with Crippen LogP contribution in [0, 0.1) is 17.3 Å². The Kier molecular flexibility index (Phi) is 5.46. The summed E-state index contributed by atoms with van der Waals surface area (Å²) in [7, 11) is 0. The molecule has 116 valence electrons. The number of fused-ring (bicyclic) bond motifs is 1. The van der Waals surface area contributed by atoms with Crippen LogP contribution < -0.4 is 0 Å². The van der Waals surface area contributed by atoms with Crippen molar-refractivity contribution in [3.63, 3.8) is 0 Å². The first-order valence-electron chi connectivity index (χ1n) is 9.89. The third-order valence-corrected chi connectivity index (χ3v) is 6.77. The molecule has 0 amide bonds. The maximum absolute atomic E-state index is 1.62. The zero-order valence-corrected chi connectivity index (χ0v) is 13.7. The molecular formula is C20H36. The summed E-state index contributed by atoms with van der Waals surface area (Å²) >= 11 is 0. The van der Waals surface area contributed by atoms with Crippen molar-refractivity contribution in [3.8, 4) is 0 Å². The van der Waals surface area contributed by atoms with Crippen molar-refractivity contribution in [2.24, 2.45) is 17.3 Å². The fraction of sp³-hybridized carbons (Fsp3) is 1.00. The molecule has 0 aromatic heterocycles. The van der Waals surface area contributed by atoms with E-state index in [0.717, 1.165) is 17.3 Å². The molecule has 1 spiro atoms. The third-order valence-electron chi connectivity index (χ3n) is 6.77. The highest BCUT2D eigenvalue weighted by Crippen LogP contribution is 2.66. The van der Waals surface area contributed by atoms with Crippen LogP contribution in [-0.2, 0) is 0 Å². The molecule has 3 atom stereocenters. The Hall–Kier alpha value is 0. The second kappa shape index (κ2) is 7.32. The van der Waals surface area contributed by atoms with E-state index >= 15 is 0 Å². The van der Waals surface area contributed by atoms with Crippen LogP contribution in [-0.4, -0.2) is 0 Å². The molecule has 3 rings (SSSR count). The summed E-state index contributed by atoms with van der Waals surface area (Å²) in [4.78, 5) is 0. The molecule has 0 radical (unpaired) electrons. The van der Waals surface area contributed by atoms with Gasteiger partial charge in [-0.2, -0.15) is 0 Å². The maximum Gasteiger partial charge on any atom is -0.0263 e. The molecule has 3 aliphatic carbocycles. The van der Waals surface area contributed by atoms with Gasteiger partial charge in [-0.3, -0.25) is 0 Å². The predicted octanol–water partition coefficient (Wildman–Crippen LogP) is 6.88. The van der Waals surface area contributed by atoms with Gasteiger partial charge in [0.05, 0.1) is 0 Å². The monoisotopic (exact) mass is 276 g/mol. The molecule has 3 fully saturated rings. The first-order chi connectivity index (χ1) is 9.89. The van der Waals surface area contributed by atoms with Gasteiger partial charge in [0.15, 0.2) is 0 Å². The summed E-state index contributed by atoms with van der Waals surface area (Å²) in [5, 5.41) is 0. The number of hydrogen-bond acceptors (Lipinski definition) is 0. The van der Waals surface area contributed by atoms with E-state index in [1.54, 1.807) is 38.5 Å². The van der Waals surface area contributed by atoms with E-state index in [2.05, 4.69) is 0 Å². The lowest BCUT2D eigenvalue weighted by molar-refractivity contribution is 0.398. The van der Waals surface area contributed by atoms with Crippen molar-refractivity contribution >= 4 is 0 Å². The van der Waals surface area contributed by atoms with Crippen LogP contribution in [0.2, 0.25) is 0 Å². The molecule has 2 bridgehead atoms. The molecular weight excluding hydrogens is 240 g/mol. The topological polar surface area (TPSA) is 0 Å². The molecule has 0 aliphatic heterocycles. The van der Waals surface area contributed by atoms with Gasteiger partial charge in [-0.05, 0) is 49.4 Å². The lowest BCUT2D eigenvalue weighted by atomic mass is 9.94. The van der Waals surface area contributed by atoms with E-state index in [-0.39, 0.29) is 0 Å². The first-order valence-corrected chi connectivity index (χ1v) is 9.89. The fourth-order valence-electron chi connectivity index (χ4n) is 5.33. The lowest BCUT2D eigenvalue weighted by Gasteiger charge is -2.11. The Balaban J connectivity index is 1.42. The molecule has 3 aliphatic rings. The Bertz CT molecular complexity index is 268. The number of rotatable bonds is 0. The Labute approximate surface area is 127 Å². The predicted molar refractivity (Wildman–Crippen MR) is 87.9 cm³/mol. The minimum absolute atomic E-state index is 0.888. The second-order valence-electron chi connectivity index (χ2n) is 8.34. The summed E-state index contributed by atoms with van der Waals surface area (Å²) in [6, 6.07) is 0. The van der Waals surface area contributed by atoms with Crippen molar-refractivity contribution in [2.45, 2.75) is 109 Å². The molecule has 20 heavy (non-hydrogen) atoms. The van der Waals surface area contributed by atoms with Gasteiger partial charge in [0, 0.05) is 0 Å². The Morgan fingerprint density at radius 2 is 1.05 bits per heavy atom. The quantitative estimate of drug-likeness (QED) is 0.452. The van der Waals surface area contributed by atoms with Crippen molar-refractivity contribution in [1.82, 2.24) is 0 Å². The van der Waals surface area contributed by atoms with Gasteiger partial charge in [0.25, 0.3) is 0 Å². The SMILES string of the molecule is C1CCCCCCC2CCC3(C2)CC3CCCCCC1. The average Bonchev–Trinajstić information content (AvgIpc) is 2.94. The molecule has 0 N–H and O–H groups in total. The van der Waals surface area contributed by atoms with E-state index < -0.39 is 0 Å². The summed E-state index contributed by atoms with van der Waals surface area (Å²) in [5.74, 6) is 2.28. The lowest BCUT2D eigenvalue weighted by Crippen LogP contribution is -2.00. The minimum atomic E-state index is 0.888. The van der Waals surface area contributed by atoms with Crippen molar-refractivity contribution in [2.75, 3.05) is 0 Å². The molecule has 0 nitrogen and oxygen atoms in total. The molecule has 0 aromatic rings. The Morgan fingerprint density at radius 1 is 0.500 bits per heavy atom. The highest BCUT2D eigenvalue weighted by Gasteiger charge is 2.56. The van der Waals surface area contributed by atoms with Crippen LogP contribution in [0.3, 0.4) is 0 Å². The van der Waals surface area contributed by atoms with Crippen molar-refractivity contribution < 1.29 is 0 Å². The highest BCUT2D eigenvalue weighted by molar-refractivity contribution is 5.06. The third kappa shape index (κ3) is 4.01. The molecule has 0 aromatic carbocycles. The normalized spacial score (nSPS) is 40.8. The molecule has 0 heterocycles. The summed E-state index contributed by atoms with van der Waals surface area (Å²) in [6.45, 7) is 0. The second-order valence-corrected chi connectivity index (χ2v) is 8.34. The van der Waals surface area contributed by atoms with Gasteiger partial charge < -0.3 is 0 Å². The maximum atomic E-state index is 1.62. The Morgan fingerprint density at radius 3 is 1.70 bits per heavy atom. The van der Waals surface area contributed by atoms with Crippen LogP contribution in [0.1, 0.15) is 109 Å². The van der Waals surface area contributed by atoms with E-state index in [9.17, 15) is 0 Å². The number of hydrogen-bond donors (Lipinski definition) is 0. The average molecular weight is 277 g/mol. The summed E-state index contributed by atoms with van der Waals surface area (Å²) in [5.41, 5.74) is 0.888. The van der Waals surface area contributed by atoms with Crippen molar-refractivity contribution in [1.29, 1.82) is 0 Å². The van der Waals surface area contributed by atoms with E-state index in [1.165, 1.54) is 70.6 Å². The first kappa shape index (κ1) is 14.9. The van der Waals surface area contributed by atoms with E-state index in [1.807, 2.05) is 0 Å². The van der Waals surface area contributed by atoms with Gasteiger partial charge in [-0.15, -0.1) is 0 Å². The van der Waals surface area contributed by atoms with Crippen LogP contribution in [0.15, 0.2) is 0 Å². The van der Waals surface area contributed by atoms with Gasteiger partial charge in [0.1, 0.15) is 0 Å². The smallest absolute Gasteiger partial charge is 0.0263 e. The van der Waals surface area contributed by atoms with Gasteiger partial charge in [-0.1, -0.05) is 77.0 Å². The van der Waals surface area contributed by atoms with Crippen LogP contribution >= 0.6 is 0 Å². The minimum Gasteiger partial charge on any atom is -0.0533 e. The van der Waals surface area contributed by atoms with Gasteiger partial charge in [0.2, 0.25) is 0 Å².